The van der Waals surface area contributed by atoms with Gasteiger partial charge in [0.15, 0.2) is 5.88 Å². The number of carbonyl (C=O) groups excluding carboxylic acids is 1. The SMILES string of the molecule is COC(=O)c1ccc(C=CC2=c3ccc(=Cc4c(O)[nH]c5ccc(OC)cc45)cc3N=N2)cc1. The zero-order chi connectivity index (χ0) is 23.7. The molecule has 0 spiro atoms. The van der Waals surface area contributed by atoms with Crippen molar-refractivity contribution in [3.8, 4) is 11.6 Å². The van der Waals surface area contributed by atoms with Gasteiger partial charge >= 0.3 is 5.97 Å². The maximum Gasteiger partial charge on any atom is 0.337 e. The lowest BCUT2D eigenvalue weighted by Gasteiger charge is -1.99. The summed E-state index contributed by atoms with van der Waals surface area (Å²) in [4.78, 5) is 14.6. The number of nitrogens with one attached hydrogen (secondary N) is 1. The van der Waals surface area contributed by atoms with E-state index in [0.29, 0.717) is 11.1 Å². The van der Waals surface area contributed by atoms with Crippen LogP contribution in [-0.2, 0) is 4.74 Å². The molecule has 1 aliphatic rings. The van der Waals surface area contributed by atoms with E-state index in [9.17, 15) is 9.90 Å². The Kier molecular flexibility index (Phi) is 5.43. The van der Waals surface area contributed by atoms with Crippen molar-refractivity contribution in [1.82, 2.24) is 4.98 Å². The minimum atomic E-state index is -0.365. The molecule has 4 aromatic rings. The van der Waals surface area contributed by atoms with E-state index < -0.39 is 0 Å². The van der Waals surface area contributed by atoms with Crippen LogP contribution in [0.2, 0.25) is 0 Å². The molecule has 0 bridgehead atoms. The second-order valence-corrected chi connectivity index (χ2v) is 7.75. The zero-order valence-corrected chi connectivity index (χ0v) is 18.6. The topological polar surface area (TPSA) is 96.3 Å². The van der Waals surface area contributed by atoms with E-state index in [0.717, 1.165) is 44.0 Å². The van der Waals surface area contributed by atoms with Crippen molar-refractivity contribution >= 4 is 40.4 Å². The van der Waals surface area contributed by atoms with E-state index >= 15 is 0 Å². The first kappa shape index (κ1) is 21.2. The number of azo groups is 1. The lowest BCUT2D eigenvalue weighted by molar-refractivity contribution is 0.0600. The van der Waals surface area contributed by atoms with Gasteiger partial charge in [0.1, 0.15) is 5.75 Å². The Balaban J connectivity index is 1.47. The zero-order valence-electron chi connectivity index (χ0n) is 18.6. The average molecular weight is 451 g/mol. The molecule has 1 aromatic heterocycles. The van der Waals surface area contributed by atoms with Gasteiger partial charge in [-0.3, -0.25) is 0 Å². The molecule has 2 N–H and O–H groups in total. The maximum atomic E-state index is 11.6. The largest absolute Gasteiger partial charge is 0.497 e. The lowest BCUT2D eigenvalue weighted by Crippen LogP contribution is -2.08. The number of esters is 1. The number of aromatic hydroxyl groups is 1. The lowest BCUT2D eigenvalue weighted by atomic mass is 10.1. The molecule has 7 nitrogen and oxygen atoms in total. The van der Waals surface area contributed by atoms with Gasteiger partial charge in [-0.15, -0.1) is 10.2 Å². The first-order valence-corrected chi connectivity index (χ1v) is 10.6. The van der Waals surface area contributed by atoms with E-state index in [-0.39, 0.29) is 11.8 Å². The maximum absolute atomic E-state index is 11.6. The van der Waals surface area contributed by atoms with Crippen LogP contribution in [0.15, 0.2) is 77.0 Å². The van der Waals surface area contributed by atoms with Gasteiger partial charge in [-0.25, -0.2) is 4.79 Å². The fourth-order valence-electron chi connectivity index (χ4n) is 3.86. The summed E-state index contributed by atoms with van der Waals surface area (Å²) in [6.45, 7) is 0. The molecule has 0 unspecified atom stereocenters. The highest BCUT2D eigenvalue weighted by atomic mass is 16.5. The number of nitrogens with zero attached hydrogens (tertiary/aromatic N) is 2. The molecule has 0 amide bonds. The third-order valence-electron chi connectivity index (χ3n) is 5.66. The van der Waals surface area contributed by atoms with Crippen LogP contribution in [0.25, 0.3) is 28.8 Å². The number of carbonyl (C=O) groups is 1. The minimum absolute atomic E-state index is 0.0961. The Morgan fingerprint density at radius 1 is 0.971 bits per heavy atom. The predicted molar refractivity (Wildman–Crippen MR) is 131 cm³/mol. The van der Waals surface area contributed by atoms with E-state index in [1.807, 2.05) is 66.8 Å². The smallest absolute Gasteiger partial charge is 0.337 e. The molecule has 168 valence electrons. The van der Waals surface area contributed by atoms with E-state index in [2.05, 4.69) is 15.2 Å². The molecule has 0 aliphatic carbocycles. The van der Waals surface area contributed by atoms with Crippen molar-refractivity contribution in [2.45, 2.75) is 0 Å². The molecule has 5 rings (SSSR count). The van der Waals surface area contributed by atoms with Crippen molar-refractivity contribution < 1.29 is 19.4 Å². The monoisotopic (exact) mass is 451 g/mol. The van der Waals surface area contributed by atoms with Gasteiger partial charge < -0.3 is 19.6 Å². The van der Waals surface area contributed by atoms with Crippen molar-refractivity contribution in [1.29, 1.82) is 0 Å². The van der Waals surface area contributed by atoms with Crippen LogP contribution in [0.3, 0.4) is 0 Å². The summed E-state index contributed by atoms with van der Waals surface area (Å²) < 4.78 is 10.0. The van der Waals surface area contributed by atoms with Gasteiger partial charge in [0.2, 0.25) is 0 Å². The van der Waals surface area contributed by atoms with E-state index in [4.69, 9.17) is 9.47 Å². The Hall–Kier alpha value is -4.65. The number of methoxy groups -OCH3 is 2. The van der Waals surface area contributed by atoms with Crippen LogP contribution in [0.5, 0.6) is 11.6 Å². The Morgan fingerprint density at radius 2 is 1.79 bits per heavy atom. The van der Waals surface area contributed by atoms with Gasteiger partial charge in [0.25, 0.3) is 0 Å². The number of H-pyrrole nitrogens is 1. The Morgan fingerprint density at radius 3 is 2.56 bits per heavy atom. The molecule has 0 saturated carbocycles. The summed E-state index contributed by atoms with van der Waals surface area (Å²) >= 11 is 0. The molecule has 7 heteroatoms. The molecule has 34 heavy (non-hydrogen) atoms. The number of hydrogen-bond donors (Lipinski definition) is 2. The van der Waals surface area contributed by atoms with Gasteiger partial charge in [-0.05, 0) is 65.4 Å². The van der Waals surface area contributed by atoms with Crippen molar-refractivity contribution in [3.05, 3.63) is 93.9 Å². The minimum Gasteiger partial charge on any atom is -0.497 e. The standard InChI is InChI=1S/C27H21N3O4/c1-33-19-9-12-23-21(15-19)22(26(31)28-23)13-17-5-10-20-24(29-30-25(20)14-17)11-6-16-3-7-18(8-4-16)27(32)34-2/h3-15,28,31H,1-2H3. The van der Waals surface area contributed by atoms with Gasteiger partial charge in [0, 0.05) is 21.7 Å². The molecule has 0 fully saturated rings. The summed E-state index contributed by atoms with van der Waals surface area (Å²) in [6.07, 6.45) is 5.71. The molecule has 1 aliphatic heterocycles. The van der Waals surface area contributed by atoms with Crippen LogP contribution < -0.4 is 15.2 Å². The molecule has 0 saturated heterocycles. The van der Waals surface area contributed by atoms with Crippen molar-refractivity contribution in [3.63, 3.8) is 0 Å². The van der Waals surface area contributed by atoms with Gasteiger partial charge in [-0.2, -0.15) is 0 Å². The van der Waals surface area contributed by atoms with Crippen LogP contribution in [0, 0.1) is 0 Å². The molecule has 2 heterocycles. The quantitative estimate of drug-likeness (QED) is 0.439. The average Bonchev–Trinajstić information content (AvgIpc) is 3.42. The summed E-state index contributed by atoms with van der Waals surface area (Å²) in [5, 5.41) is 21.7. The first-order chi connectivity index (χ1) is 16.6. The van der Waals surface area contributed by atoms with Crippen LogP contribution >= 0.6 is 0 Å². The molecular weight excluding hydrogens is 430 g/mol. The van der Waals surface area contributed by atoms with E-state index in [1.54, 1.807) is 19.2 Å². The third-order valence-corrected chi connectivity index (χ3v) is 5.66. The highest BCUT2D eigenvalue weighted by molar-refractivity contribution is 5.93. The number of rotatable bonds is 5. The second kappa shape index (κ2) is 8.71. The summed E-state index contributed by atoms with van der Waals surface area (Å²) in [5.74, 6) is 0.449. The third kappa shape index (κ3) is 3.95. The molecule has 0 radical (unpaired) electrons. The van der Waals surface area contributed by atoms with Gasteiger partial charge in [0.05, 0.1) is 31.2 Å². The number of aromatic amines is 1. The Labute approximate surface area is 195 Å². The highest BCUT2D eigenvalue weighted by Crippen LogP contribution is 2.30. The summed E-state index contributed by atoms with van der Waals surface area (Å²) in [6, 6.07) is 18.6. The van der Waals surface area contributed by atoms with Crippen molar-refractivity contribution in [2.75, 3.05) is 14.2 Å². The predicted octanol–water partition coefficient (Wildman–Crippen LogP) is 4.42. The fourth-order valence-corrected chi connectivity index (χ4v) is 3.86. The summed E-state index contributed by atoms with van der Waals surface area (Å²) in [5.41, 5.74) is 4.44. The molecular formula is C27H21N3O4. The fraction of sp³-hybridized carbons (Fsp3) is 0.0741. The number of benzene rings is 3. The van der Waals surface area contributed by atoms with Crippen molar-refractivity contribution in [2.24, 2.45) is 10.2 Å². The number of ether oxygens (including phenoxy) is 2. The first-order valence-electron chi connectivity index (χ1n) is 10.6. The number of aromatic nitrogens is 1. The summed E-state index contributed by atoms with van der Waals surface area (Å²) in [7, 11) is 2.97. The highest BCUT2D eigenvalue weighted by Gasteiger charge is 2.11. The normalized spacial score (nSPS) is 13.1. The van der Waals surface area contributed by atoms with E-state index in [1.165, 1.54) is 7.11 Å². The van der Waals surface area contributed by atoms with Crippen LogP contribution in [0.4, 0.5) is 5.69 Å². The van der Waals surface area contributed by atoms with Gasteiger partial charge in [-0.1, -0.05) is 24.3 Å². The van der Waals surface area contributed by atoms with Crippen LogP contribution in [0.1, 0.15) is 21.5 Å². The number of fused-ring (bicyclic) bond motifs is 2. The molecule has 3 aromatic carbocycles. The number of hydrogen-bond acceptors (Lipinski definition) is 6. The Bertz CT molecular complexity index is 1600. The van der Waals surface area contributed by atoms with Crippen LogP contribution in [-0.4, -0.2) is 30.3 Å². The molecule has 0 atom stereocenters. The second-order valence-electron chi connectivity index (χ2n) is 7.75.